The monoisotopic (exact) mass is 335 g/mol. The van der Waals surface area contributed by atoms with Gasteiger partial charge in [0.05, 0.1) is 7.11 Å². The third-order valence-corrected chi connectivity index (χ3v) is 4.23. The Kier molecular flexibility index (Phi) is 4.93. The third-order valence-electron chi connectivity index (χ3n) is 4.23. The second-order valence-electron chi connectivity index (χ2n) is 5.80. The van der Waals surface area contributed by atoms with E-state index in [9.17, 15) is 9.59 Å². The molecule has 2 aliphatic rings. The molecule has 0 spiro atoms. The van der Waals surface area contributed by atoms with Crippen LogP contribution >= 0.6 is 0 Å². The van der Waals surface area contributed by atoms with Gasteiger partial charge in [-0.05, 0) is 30.9 Å². The quantitative estimate of drug-likeness (QED) is 0.882. The molecule has 0 unspecified atom stereocenters. The molecule has 2 heterocycles. The second kappa shape index (κ2) is 7.29. The number of methoxy groups -OCH3 is 1. The van der Waals surface area contributed by atoms with E-state index in [1.165, 1.54) is 7.11 Å². The summed E-state index contributed by atoms with van der Waals surface area (Å²) in [7, 11) is 1.39. The number of hydrogen-bond acceptors (Lipinski definition) is 5. The highest BCUT2D eigenvalue weighted by Gasteiger charge is 2.23. The van der Waals surface area contributed by atoms with Crippen molar-refractivity contribution in [1.29, 1.82) is 0 Å². The van der Waals surface area contributed by atoms with Crippen LogP contribution in [0, 0.1) is 5.92 Å². The number of anilines is 1. The molecular formula is C16H21N3O5. The maximum Gasteiger partial charge on any atom is 0.409 e. The number of nitrogens with one attached hydrogen (secondary N) is 2. The molecule has 0 atom stereocenters. The van der Waals surface area contributed by atoms with E-state index >= 15 is 0 Å². The first-order chi connectivity index (χ1) is 11.7. The summed E-state index contributed by atoms with van der Waals surface area (Å²) in [5.41, 5.74) is 0.650. The van der Waals surface area contributed by atoms with Gasteiger partial charge in [0.15, 0.2) is 11.5 Å². The number of nitrogens with zero attached hydrogens (tertiary/aromatic N) is 1. The van der Waals surface area contributed by atoms with Crippen LogP contribution < -0.4 is 20.1 Å². The van der Waals surface area contributed by atoms with Crippen molar-refractivity contribution in [1.82, 2.24) is 10.2 Å². The zero-order chi connectivity index (χ0) is 16.9. The third kappa shape index (κ3) is 3.81. The molecule has 130 valence electrons. The Balaban J connectivity index is 1.41. The van der Waals surface area contributed by atoms with Crippen LogP contribution in [-0.4, -0.2) is 50.6 Å². The number of piperidine rings is 1. The number of carbonyl (C=O) groups excluding carboxylic acids is 2. The summed E-state index contributed by atoms with van der Waals surface area (Å²) < 4.78 is 15.2. The van der Waals surface area contributed by atoms with Crippen LogP contribution in [0.15, 0.2) is 18.2 Å². The van der Waals surface area contributed by atoms with Crippen molar-refractivity contribution in [2.45, 2.75) is 12.8 Å². The predicted octanol–water partition coefficient (Wildman–Crippen LogP) is 2.02. The number of rotatable bonds is 3. The normalized spacial score (nSPS) is 16.6. The lowest BCUT2D eigenvalue weighted by molar-refractivity contribution is 0.106. The number of likely N-dealkylation sites (tertiary alicyclic amines) is 1. The van der Waals surface area contributed by atoms with Crippen LogP contribution in [0.25, 0.3) is 0 Å². The Morgan fingerprint density at radius 1 is 1.25 bits per heavy atom. The molecule has 1 aromatic rings. The Hall–Kier alpha value is -2.64. The molecule has 0 radical (unpaired) electrons. The Morgan fingerprint density at radius 3 is 2.75 bits per heavy atom. The van der Waals surface area contributed by atoms with E-state index in [4.69, 9.17) is 14.2 Å². The van der Waals surface area contributed by atoms with Gasteiger partial charge < -0.3 is 29.7 Å². The average Bonchev–Trinajstić information content (AvgIpc) is 3.07. The smallest absolute Gasteiger partial charge is 0.409 e. The Labute approximate surface area is 140 Å². The van der Waals surface area contributed by atoms with E-state index in [0.717, 1.165) is 12.8 Å². The molecule has 2 N–H and O–H groups in total. The van der Waals surface area contributed by atoms with E-state index in [-0.39, 0.29) is 18.9 Å². The molecular weight excluding hydrogens is 314 g/mol. The molecule has 2 aliphatic heterocycles. The molecule has 0 aliphatic carbocycles. The summed E-state index contributed by atoms with van der Waals surface area (Å²) in [6.07, 6.45) is 1.40. The maximum atomic E-state index is 12.0. The van der Waals surface area contributed by atoms with Crippen LogP contribution in [0.2, 0.25) is 0 Å². The van der Waals surface area contributed by atoms with E-state index in [2.05, 4.69) is 10.6 Å². The van der Waals surface area contributed by atoms with Crippen molar-refractivity contribution in [3.8, 4) is 11.5 Å². The highest BCUT2D eigenvalue weighted by molar-refractivity contribution is 5.89. The van der Waals surface area contributed by atoms with E-state index < -0.39 is 0 Å². The van der Waals surface area contributed by atoms with Crippen LogP contribution in [0.3, 0.4) is 0 Å². The van der Waals surface area contributed by atoms with Gasteiger partial charge in [-0.15, -0.1) is 0 Å². The van der Waals surface area contributed by atoms with Gasteiger partial charge in [-0.1, -0.05) is 0 Å². The summed E-state index contributed by atoms with van der Waals surface area (Å²) in [6, 6.07) is 5.00. The number of urea groups is 1. The lowest BCUT2D eigenvalue weighted by atomic mass is 9.97. The lowest BCUT2D eigenvalue weighted by Crippen LogP contribution is -2.42. The maximum absolute atomic E-state index is 12.0. The summed E-state index contributed by atoms with van der Waals surface area (Å²) in [5.74, 6) is 1.66. The minimum atomic E-state index is -0.290. The Morgan fingerprint density at radius 2 is 2.00 bits per heavy atom. The molecule has 3 amide bonds. The molecule has 24 heavy (non-hydrogen) atoms. The molecule has 0 bridgehead atoms. The van der Waals surface area contributed by atoms with Crippen molar-refractivity contribution < 1.29 is 23.8 Å². The fourth-order valence-corrected chi connectivity index (χ4v) is 2.84. The molecule has 8 heteroatoms. The minimum absolute atomic E-state index is 0.204. The molecule has 0 saturated carbocycles. The largest absolute Gasteiger partial charge is 0.454 e. The van der Waals surface area contributed by atoms with Gasteiger partial charge in [0.25, 0.3) is 0 Å². The van der Waals surface area contributed by atoms with Crippen LogP contribution in [0.5, 0.6) is 11.5 Å². The van der Waals surface area contributed by atoms with E-state index in [1.54, 1.807) is 23.1 Å². The zero-order valence-corrected chi connectivity index (χ0v) is 13.5. The minimum Gasteiger partial charge on any atom is -0.454 e. The van der Waals surface area contributed by atoms with Gasteiger partial charge in [0, 0.05) is 31.4 Å². The summed E-state index contributed by atoms with van der Waals surface area (Å²) in [5, 5.41) is 5.65. The summed E-state index contributed by atoms with van der Waals surface area (Å²) in [4.78, 5) is 25.1. The number of carbonyl (C=O) groups is 2. The topological polar surface area (TPSA) is 89.1 Å². The summed E-state index contributed by atoms with van der Waals surface area (Å²) in [6.45, 7) is 2.09. The molecule has 3 rings (SSSR count). The van der Waals surface area contributed by atoms with Gasteiger partial charge in [-0.25, -0.2) is 9.59 Å². The SMILES string of the molecule is COC(=O)N1CCC(CNC(=O)Nc2ccc3c(c2)OCO3)CC1. The number of benzene rings is 1. The average molecular weight is 335 g/mol. The van der Waals surface area contributed by atoms with Crippen molar-refractivity contribution in [3.63, 3.8) is 0 Å². The standard InChI is InChI=1S/C16H21N3O5/c1-22-16(21)19-6-4-11(5-7-19)9-17-15(20)18-12-2-3-13-14(8-12)24-10-23-13/h2-3,8,11H,4-7,9-10H2,1H3,(H2,17,18,20). The number of ether oxygens (including phenoxy) is 3. The number of fused-ring (bicyclic) bond motifs is 1. The lowest BCUT2D eigenvalue weighted by Gasteiger charge is -2.30. The second-order valence-corrected chi connectivity index (χ2v) is 5.80. The molecule has 1 fully saturated rings. The van der Waals surface area contributed by atoms with Crippen LogP contribution in [0.1, 0.15) is 12.8 Å². The van der Waals surface area contributed by atoms with Crippen LogP contribution in [0.4, 0.5) is 15.3 Å². The molecule has 8 nitrogen and oxygen atoms in total. The van der Waals surface area contributed by atoms with Crippen molar-refractivity contribution >= 4 is 17.8 Å². The van der Waals surface area contributed by atoms with Gasteiger partial charge in [0.1, 0.15) is 0 Å². The first kappa shape index (κ1) is 16.2. The molecule has 1 saturated heterocycles. The first-order valence-electron chi connectivity index (χ1n) is 7.93. The number of amides is 3. The highest BCUT2D eigenvalue weighted by atomic mass is 16.7. The predicted molar refractivity (Wildman–Crippen MR) is 86.3 cm³/mol. The first-order valence-corrected chi connectivity index (χ1v) is 7.93. The van der Waals surface area contributed by atoms with Gasteiger partial charge in [-0.2, -0.15) is 0 Å². The summed E-state index contributed by atoms with van der Waals surface area (Å²) >= 11 is 0. The van der Waals surface area contributed by atoms with Gasteiger partial charge in [-0.3, -0.25) is 0 Å². The zero-order valence-electron chi connectivity index (χ0n) is 13.5. The van der Waals surface area contributed by atoms with E-state index in [1.807, 2.05) is 0 Å². The number of hydrogen-bond donors (Lipinski definition) is 2. The van der Waals surface area contributed by atoms with E-state index in [0.29, 0.717) is 42.7 Å². The van der Waals surface area contributed by atoms with Crippen molar-refractivity contribution in [2.75, 3.05) is 38.9 Å². The fraction of sp³-hybridized carbons (Fsp3) is 0.500. The molecule has 0 aromatic heterocycles. The van der Waals surface area contributed by atoms with Gasteiger partial charge in [0.2, 0.25) is 6.79 Å². The van der Waals surface area contributed by atoms with Crippen molar-refractivity contribution in [2.24, 2.45) is 5.92 Å². The molecule has 1 aromatic carbocycles. The highest BCUT2D eigenvalue weighted by Crippen LogP contribution is 2.34. The van der Waals surface area contributed by atoms with Crippen molar-refractivity contribution in [3.05, 3.63) is 18.2 Å². The Bertz CT molecular complexity index is 614. The van der Waals surface area contributed by atoms with Crippen LogP contribution in [-0.2, 0) is 4.74 Å². The fourth-order valence-electron chi connectivity index (χ4n) is 2.84. The van der Waals surface area contributed by atoms with Gasteiger partial charge >= 0.3 is 12.1 Å².